The van der Waals surface area contributed by atoms with Gasteiger partial charge in [-0.15, -0.1) is 0 Å². The van der Waals surface area contributed by atoms with Crippen LogP contribution in [0.25, 0.3) is 0 Å². The minimum absolute atomic E-state index is 0.0715. The summed E-state index contributed by atoms with van der Waals surface area (Å²) < 4.78 is 20.4. The average molecular weight is 351 g/mol. The molecule has 2 heterocycles. The largest absolute Gasteiger partial charge is 0.394 e. The molecule has 1 aliphatic heterocycles. The van der Waals surface area contributed by atoms with Gasteiger partial charge in [-0.2, -0.15) is 5.10 Å². The summed E-state index contributed by atoms with van der Waals surface area (Å²) in [5.41, 5.74) is 6.51. The predicted molar refractivity (Wildman–Crippen MR) is 86.2 cm³/mol. The number of rotatable bonds is 4. The van der Waals surface area contributed by atoms with Gasteiger partial charge in [0.15, 0.2) is 10.8 Å². The standard InChI is InChI=1S/C16H16ClFN4O2/c17-15-12(19)14(16(23)20-13-9-6-24-7-10(9)13)21-22(15)5-8-3-1-2-4-11(8)18/h1-4,9-10,13H,5-7,19H2,(H,20,23)/t9-,10+,13-. The minimum Gasteiger partial charge on any atom is -0.394 e. The number of carbonyl (C=O) groups is 1. The minimum atomic E-state index is -0.362. The van der Waals surface area contributed by atoms with Crippen LogP contribution in [0.5, 0.6) is 0 Å². The molecule has 1 saturated carbocycles. The lowest BCUT2D eigenvalue weighted by molar-refractivity contribution is 0.0924. The van der Waals surface area contributed by atoms with Crippen LogP contribution < -0.4 is 11.1 Å². The monoisotopic (exact) mass is 350 g/mol. The molecule has 24 heavy (non-hydrogen) atoms. The molecule has 1 saturated heterocycles. The Morgan fingerprint density at radius 3 is 2.83 bits per heavy atom. The number of hydrogen-bond donors (Lipinski definition) is 2. The molecular formula is C16H16ClFN4O2. The van der Waals surface area contributed by atoms with Crippen LogP contribution in [0.4, 0.5) is 10.1 Å². The van der Waals surface area contributed by atoms with Crippen molar-refractivity contribution in [3.05, 3.63) is 46.5 Å². The Morgan fingerprint density at radius 1 is 1.42 bits per heavy atom. The summed E-state index contributed by atoms with van der Waals surface area (Å²) in [6.45, 7) is 1.45. The van der Waals surface area contributed by atoms with Crippen molar-refractivity contribution >= 4 is 23.2 Å². The predicted octanol–water partition coefficient (Wildman–Crippen LogP) is 1.68. The Balaban J connectivity index is 1.52. The molecule has 3 atom stereocenters. The van der Waals surface area contributed by atoms with Gasteiger partial charge in [0.25, 0.3) is 5.91 Å². The molecule has 1 aromatic carbocycles. The van der Waals surface area contributed by atoms with Gasteiger partial charge in [0, 0.05) is 23.4 Å². The third-order valence-electron chi connectivity index (χ3n) is 4.67. The maximum atomic E-state index is 13.8. The summed E-state index contributed by atoms with van der Waals surface area (Å²) in [7, 11) is 0. The van der Waals surface area contributed by atoms with E-state index in [-0.39, 0.29) is 40.8 Å². The van der Waals surface area contributed by atoms with Crippen molar-refractivity contribution in [1.82, 2.24) is 15.1 Å². The summed E-state index contributed by atoms with van der Waals surface area (Å²) in [4.78, 5) is 12.4. The first-order chi connectivity index (χ1) is 11.6. The van der Waals surface area contributed by atoms with E-state index in [1.54, 1.807) is 18.2 Å². The van der Waals surface area contributed by atoms with Crippen LogP contribution in [0, 0.1) is 17.7 Å². The summed E-state index contributed by atoms with van der Waals surface area (Å²) >= 11 is 6.16. The van der Waals surface area contributed by atoms with E-state index in [0.29, 0.717) is 30.6 Å². The van der Waals surface area contributed by atoms with Crippen LogP contribution >= 0.6 is 11.6 Å². The Morgan fingerprint density at radius 2 is 2.12 bits per heavy atom. The zero-order valence-corrected chi connectivity index (χ0v) is 13.5. The van der Waals surface area contributed by atoms with E-state index in [2.05, 4.69) is 10.4 Å². The highest BCUT2D eigenvalue weighted by atomic mass is 35.5. The number of nitrogen functional groups attached to an aromatic ring is 1. The van der Waals surface area contributed by atoms with Gasteiger partial charge in [-0.3, -0.25) is 4.79 Å². The molecule has 0 bridgehead atoms. The molecule has 4 rings (SSSR count). The van der Waals surface area contributed by atoms with Gasteiger partial charge in [-0.1, -0.05) is 29.8 Å². The van der Waals surface area contributed by atoms with Gasteiger partial charge in [-0.25, -0.2) is 9.07 Å². The van der Waals surface area contributed by atoms with E-state index in [9.17, 15) is 9.18 Å². The van der Waals surface area contributed by atoms with Gasteiger partial charge in [-0.05, 0) is 6.07 Å². The number of carbonyl (C=O) groups excluding carboxylic acids is 1. The van der Waals surface area contributed by atoms with Crippen molar-refractivity contribution < 1.29 is 13.9 Å². The van der Waals surface area contributed by atoms with Crippen LogP contribution in [-0.2, 0) is 11.3 Å². The zero-order chi connectivity index (χ0) is 16.8. The fourth-order valence-electron chi connectivity index (χ4n) is 3.19. The molecule has 0 radical (unpaired) electrons. The number of amides is 1. The van der Waals surface area contributed by atoms with E-state index in [1.807, 2.05) is 0 Å². The molecule has 8 heteroatoms. The van der Waals surface area contributed by atoms with E-state index in [1.165, 1.54) is 10.7 Å². The molecule has 0 unspecified atom stereocenters. The van der Waals surface area contributed by atoms with Crippen molar-refractivity contribution in [3.8, 4) is 0 Å². The molecule has 1 aliphatic carbocycles. The van der Waals surface area contributed by atoms with E-state index < -0.39 is 0 Å². The summed E-state index contributed by atoms with van der Waals surface area (Å²) in [5, 5.41) is 7.22. The number of ether oxygens (including phenoxy) is 1. The molecule has 6 nitrogen and oxygen atoms in total. The zero-order valence-electron chi connectivity index (χ0n) is 12.7. The molecule has 126 valence electrons. The number of halogens is 2. The van der Waals surface area contributed by atoms with Crippen molar-refractivity contribution in [2.45, 2.75) is 12.6 Å². The van der Waals surface area contributed by atoms with Crippen molar-refractivity contribution in [1.29, 1.82) is 0 Å². The lowest BCUT2D eigenvalue weighted by atomic mass is 10.2. The first-order valence-electron chi connectivity index (χ1n) is 7.70. The Bertz CT molecular complexity index is 799. The van der Waals surface area contributed by atoms with Gasteiger partial charge in [0.1, 0.15) is 11.5 Å². The first-order valence-corrected chi connectivity index (χ1v) is 8.08. The van der Waals surface area contributed by atoms with Crippen molar-refractivity contribution in [2.75, 3.05) is 18.9 Å². The highest BCUT2D eigenvalue weighted by molar-refractivity contribution is 6.32. The molecule has 2 aromatic rings. The van der Waals surface area contributed by atoms with Gasteiger partial charge in [0.05, 0.1) is 19.8 Å². The molecule has 3 N–H and O–H groups in total. The number of anilines is 1. The molecule has 1 amide bonds. The summed E-state index contributed by atoms with van der Waals surface area (Å²) in [5.74, 6) is 0.0397. The number of benzene rings is 1. The second kappa shape index (κ2) is 5.75. The number of aromatic nitrogens is 2. The Kier molecular flexibility index (Phi) is 3.69. The quantitative estimate of drug-likeness (QED) is 0.879. The van der Waals surface area contributed by atoms with E-state index in [4.69, 9.17) is 22.1 Å². The first kappa shape index (κ1) is 15.4. The topological polar surface area (TPSA) is 82.2 Å². The Labute approximate surface area is 142 Å². The van der Waals surface area contributed by atoms with Gasteiger partial charge >= 0.3 is 0 Å². The Hall–Kier alpha value is -2.12. The number of nitrogens with two attached hydrogens (primary N) is 1. The molecular weight excluding hydrogens is 335 g/mol. The lowest BCUT2D eigenvalue weighted by Gasteiger charge is -2.06. The normalized spacial score (nSPS) is 24.7. The number of nitrogens with one attached hydrogen (secondary N) is 1. The van der Waals surface area contributed by atoms with Crippen molar-refractivity contribution in [3.63, 3.8) is 0 Å². The molecule has 2 aliphatic rings. The van der Waals surface area contributed by atoms with Gasteiger partial charge in [0.2, 0.25) is 0 Å². The van der Waals surface area contributed by atoms with Crippen LogP contribution in [0.3, 0.4) is 0 Å². The number of fused-ring (bicyclic) bond motifs is 1. The maximum Gasteiger partial charge on any atom is 0.274 e. The number of hydrogen-bond acceptors (Lipinski definition) is 4. The third-order valence-corrected chi connectivity index (χ3v) is 5.07. The summed E-state index contributed by atoms with van der Waals surface area (Å²) in [6.07, 6.45) is 0. The highest BCUT2D eigenvalue weighted by Crippen LogP contribution is 2.44. The van der Waals surface area contributed by atoms with Crippen LogP contribution in [0.1, 0.15) is 16.1 Å². The lowest BCUT2D eigenvalue weighted by Crippen LogP contribution is -2.30. The molecule has 1 aromatic heterocycles. The van der Waals surface area contributed by atoms with Crippen LogP contribution in [0.2, 0.25) is 5.15 Å². The molecule has 0 spiro atoms. The maximum absolute atomic E-state index is 13.8. The van der Waals surface area contributed by atoms with Crippen LogP contribution in [0.15, 0.2) is 24.3 Å². The van der Waals surface area contributed by atoms with Gasteiger partial charge < -0.3 is 15.8 Å². The number of nitrogens with zero attached hydrogens (tertiary/aromatic N) is 2. The van der Waals surface area contributed by atoms with E-state index >= 15 is 0 Å². The highest BCUT2D eigenvalue weighted by Gasteiger charge is 2.55. The fraction of sp³-hybridized carbons (Fsp3) is 0.375. The average Bonchev–Trinajstić information content (AvgIpc) is 2.91. The smallest absolute Gasteiger partial charge is 0.274 e. The molecule has 2 fully saturated rings. The fourth-order valence-corrected chi connectivity index (χ4v) is 3.38. The van der Waals surface area contributed by atoms with Crippen LogP contribution in [-0.4, -0.2) is 34.9 Å². The second-order valence-electron chi connectivity index (χ2n) is 6.17. The SMILES string of the molecule is Nc1c(C(=O)N[C@@H]2[C@@H]3COC[C@@H]32)nn(Cc2ccccc2F)c1Cl. The second-order valence-corrected chi connectivity index (χ2v) is 6.52. The summed E-state index contributed by atoms with van der Waals surface area (Å²) in [6, 6.07) is 6.43. The van der Waals surface area contributed by atoms with E-state index in [0.717, 1.165) is 0 Å². The third kappa shape index (κ3) is 2.53. The van der Waals surface area contributed by atoms with Crippen molar-refractivity contribution in [2.24, 2.45) is 11.8 Å².